The lowest BCUT2D eigenvalue weighted by molar-refractivity contribution is -0.136. The number of amides is 1. The van der Waals surface area contributed by atoms with E-state index < -0.39 is 17.6 Å². The Labute approximate surface area is 208 Å². The van der Waals surface area contributed by atoms with E-state index in [-0.39, 0.29) is 24.0 Å². The average Bonchev–Trinajstić information content (AvgIpc) is 3.27. The summed E-state index contributed by atoms with van der Waals surface area (Å²) in [5.74, 6) is 10.1. The molecule has 0 aliphatic carbocycles. The number of alkyl halides is 3. The van der Waals surface area contributed by atoms with Gasteiger partial charge in [-0.1, -0.05) is 36.4 Å². The number of aryl methyl sites for hydroxylation is 2. The molecule has 1 heterocycles. The fourth-order valence-electron chi connectivity index (χ4n) is 4.17. The fraction of sp³-hybridized carbons (Fsp3) is 0.308. The Balaban J connectivity index is 1.84. The van der Waals surface area contributed by atoms with Crippen molar-refractivity contribution in [1.82, 2.24) is 9.99 Å². The first-order valence-corrected chi connectivity index (χ1v) is 11.6. The predicted octanol–water partition coefficient (Wildman–Crippen LogP) is 4.79. The number of anilines is 1. The number of hydrogen-bond acceptors (Lipinski definition) is 4. The molecule has 1 aromatic heterocycles. The van der Waals surface area contributed by atoms with Crippen LogP contribution in [0.4, 0.5) is 18.9 Å². The van der Waals surface area contributed by atoms with Crippen LogP contribution in [-0.4, -0.2) is 16.3 Å². The van der Waals surface area contributed by atoms with Crippen molar-refractivity contribution in [1.29, 1.82) is 0 Å². The smallest absolute Gasteiger partial charge is 0.338 e. The monoisotopic (exact) mass is 500 g/mol. The second-order valence-electron chi connectivity index (χ2n) is 8.74. The lowest BCUT2D eigenvalue weighted by Gasteiger charge is -2.19. The van der Waals surface area contributed by atoms with Gasteiger partial charge in [0.1, 0.15) is 11.5 Å². The van der Waals surface area contributed by atoms with Crippen LogP contribution in [0.2, 0.25) is 0 Å². The highest BCUT2D eigenvalue weighted by molar-refractivity contribution is 6.04. The molecule has 36 heavy (non-hydrogen) atoms. The third kappa shape index (κ3) is 6.66. The number of hydrazine groups is 1. The van der Waals surface area contributed by atoms with Crippen LogP contribution < -0.4 is 22.4 Å². The van der Waals surface area contributed by atoms with E-state index >= 15 is 0 Å². The summed E-state index contributed by atoms with van der Waals surface area (Å²) >= 11 is 0. The maximum Gasteiger partial charge on any atom is 0.418 e. The normalized spacial score (nSPS) is 12.1. The molecule has 0 bridgehead atoms. The van der Waals surface area contributed by atoms with Crippen molar-refractivity contribution in [3.05, 3.63) is 88.7 Å². The molecule has 0 spiro atoms. The van der Waals surface area contributed by atoms with Gasteiger partial charge in [-0.25, -0.2) is 5.84 Å². The van der Waals surface area contributed by atoms with Crippen molar-refractivity contribution < 1.29 is 18.0 Å². The van der Waals surface area contributed by atoms with Crippen LogP contribution in [0.3, 0.4) is 0 Å². The van der Waals surface area contributed by atoms with E-state index in [1.807, 2.05) is 42.7 Å². The summed E-state index contributed by atoms with van der Waals surface area (Å²) in [6.07, 6.45) is -2.08. The summed E-state index contributed by atoms with van der Waals surface area (Å²) in [5.41, 5.74) is 3.92. The number of hydrogen-bond donors (Lipinski definition) is 4. The van der Waals surface area contributed by atoms with Gasteiger partial charge in [0, 0.05) is 18.2 Å². The molecule has 0 fully saturated rings. The molecule has 0 aliphatic heterocycles. The molecule has 192 valence electrons. The second-order valence-corrected chi connectivity index (χ2v) is 8.74. The zero-order chi connectivity index (χ0) is 26.3. The van der Waals surface area contributed by atoms with Gasteiger partial charge in [-0.15, -0.1) is 0 Å². The Morgan fingerprint density at radius 2 is 1.75 bits per heavy atom. The van der Waals surface area contributed by atoms with Crippen molar-refractivity contribution in [3.8, 4) is 0 Å². The maximum atomic E-state index is 13.7. The molecule has 2 aromatic carbocycles. The molecular weight excluding hydrogens is 469 g/mol. The molecule has 0 saturated heterocycles. The Kier molecular flexibility index (Phi) is 8.76. The van der Waals surface area contributed by atoms with Crippen LogP contribution in [0.1, 0.15) is 59.2 Å². The van der Waals surface area contributed by atoms with Crippen molar-refractivity contribution >= 4 is 17.4 Å². The summed E-state index contributed by atoms with van der Waals surface area (Å²) in [5, 5.41) is 5.93. The number of halogens is 3. The number of nitrogens with zero attached hydrogens (tertiary/aromatic N) is 2. The van der Waals surface area contributed by atoms with E-state index in [2.05, 4.69) is 28.0 Å². The number of carbonyl (C=O) groups is 1. The number of benzene rings is 2. The Morgan fingerprint density at radius 3 is 2.36 bits per heavy atom. The number of nitrogens with two attached hydrogens (primary N) is 2. The van der Waals surface area contributed by atoms with Crippen molar-refractivity contribution in [2.24, 2.45) is 16.8 Å². The highest BCUT2D eigenvalue weighted by Crippen LogP contribution is 2.36. The van der Waals surface area contributed by atoms with Gasteiger partial charge in [0.25, 0.3) is 5.91 Å². The summed E-state index contributed by atoms with van der Waals surface area (Å²) < 4.78 is 42.9. The molecule has 0 saturated carbocycles. The number of aromatic nitrogens is 1. The summed E-state index contributed by atoms with van der Waals surface area (Å²) in [7, 11) is 0. The van der Waals surface area contributed by atoms with Crippen molar-refractivity contribution in [2.45, 2.75) is 51.7 Å². The highest BCUT2D eigenvalue weighted by Gasteiger charge is 2.34. The molecule has 0 unspecified atom stereocenters. The summed E-state index contributed by atoms with van der Waals surface area (Å²) in [6, 6.07) is 17.0. The maximum absolute atomic E-state index is 13.7. The molecule has 6 N–H and O–H groups in total. The van der Waals surface area contributed by atoms with Crippen molar-refractivity contribution in [2.75, 3.05) is 5.32 Å². The molecule has 7 nitrogen and oxygen atoms in total. The molecule has 0 radical (unpaired) electrons. The number of carbonyl (C=O) groups excluding carboxylic acids is 1. The van der Waals surface area contributed by atoms with E-state index in [4.69, 9.17) is 11.7 Å². The minimum absolute atomic E-state index is 0.0557. The molecule has 0 aliphatic rings. The summed E-state index contributed by atoms with van der Waals surface area (Å²) in [4.78, 5) is 13.2. The zero-order valence-electron chi connectivity index (χ0n) is 20.3. The van der Waals surface area contributed by atoms with Gasteiger partial charge in [0.2, 0.25) is 0 Å². The number of nitrogens with one attached hydrogen (secondary N) is 2. The van der Waals surface area contributed by atoms with Gasteiger partial charge >= 0.3 is 6.18 Å². The Bertz CT molecular complexity index is 1200. The standard InChI is InChI=1S/C26H31F3N6O/c1-17(2)35-20(10-6-9-18-7-4-3-5-8-18)12-14-23(35)25(36)32-22-15-19(16-24(33-30)34-31)11-13-21(22)26(27,28)29/h3-5,7-8,11-15,17H,6,9-10,16,30-31H2,1-2H3,(H,32,36)(H,33,34). The fourth-order valence-corrected chi connectivity index (χ4v) is 4.17. The van der Waals surface area contributed by atoms with Crippen LogP contribution in [0.15, 0.2) is 65.8 Å². The van der Waals surface area contributed by atoms with Crippen LogP contribution in [0.5, 0.6) is 0 Å². The van der Waals surface area contributed by atoms with Crippen LogP contribution in [0, 0.1) is 0 Å². The van der Waals surface area contributed by atoms with E-state index in [1.54, 1.807) is 6.07 Å². The highest BCUT2D eigenvalue weighted by atomic mass is 19.4. The van der Waals surface area contributed by atoms with Gasteiger partial charge in [-0.05, 0) is 68.5 Å². The Morgan fingerprint density at radius 1 is 1.03 bits per heavy atom. The minimum atomic E-state index is -4.65. The number of rotatable bonds is 9. The Hall–Kier alpha value is -3.79. The van der Waals surface area contributed by atoms with E-state index in [0.29, 0.717) is 11.3 Å². The lowest BCUT2D eigenvalue weighted by Crippen LogP contribution is -2.32. The molecule has 10 heteroatoms. The molecule has 3 rings (SSSR count). The first-order valence-electron chi connectivity index (χ1n) is 11.6. The van der Waals surface area contributed by atoms with E-state index in [1.165, 1.54) is 17.7 Å². The zero-order valence-corrected chi connectivity index (χ0v) is 20.3. The molecule has 3 aromatic rings. The van der Waals surface area contributed by atoms with Crippen molar-refractivity contribution in [3.63, 3.8) is 0 Å². The van der Waals surface area contributed by atoms with Crippen LogP contribution >= 0.6 is 0 Å². The van der Waals surface area contributed by atoms with E-state index in [9.17, 15) is 18.0 Å². The summed E-state index contributed by atoms with van der Waals surface area (Å²) in [6.45, 7) is 3.87. The lowest BCUT2D eigenvalue weighted by atomic mass is 10.1. The molecule has 0 atom stereocenters. The minimum Gasteiger partial charge on any atom is -0.338 e. The van der Waals surface area contributed by atoms with Gasteiger partial charge in [-0.3, -0.25) is 4.79 Å². The van der Waals surface area contributed by atoms with Gasteiger partial charge in [-0.2, -0.15) is 18.3 Å². The van der Waals surface area contributed by atoms with Crippen LogP contribution in [-0.2, 0) is 25.4 Å². The topological polar surface area (TPSA) is 110 Å². The average molecular weight is 501 g/mol. The second kappa shape index (κ2) is 11.8. The van der Waals surface area contributed by atoms with Crippen LogP contribution in [0.25, 0.3) is 0 Å². The predicted molar refractivity (Wildman–Crippen MR) is 135 cm³/mol. The number of amidine groups is 1. The van der Waals surface area contributed by atoms with Gasteiger partial charge in [0.05, 0.1) is 11.3 Å². The first-order chi connectivity index (χ1) is 17.1. The van der Waals surface area contributed by atoms with E-state index in [0.717, 1.165) is 31.0 Å². The van der Waals surface area contributed by atoms with Gasteiger partial charge < -0.3 is 21.2 Å². The molecule has 1 amide bonds. The first kappa shape index (κ1) is 26.8. The molecular formula is C26H31F3N6O. The number of hydrazone groups is 1. The SMILES string of the molecule is CC(C)n1c(CCCc2ccccc2)ccc1C(=O)Nc1cc(C/C(=N/N)NN)ccc1C(F)(F)F. The third-order valence-electron chi connectivity index (χ3n) is 5.82. The third-order valence-corrected chi connectivity index (χ3v) is 5.82. The van der Waals surface area contributed by atoms with Gasteiger partial charge in [0.15, 0.2) is 0 Å². The largest absolute Gasteiger partial charge is 0.418 e. The quantitative estimate of drug-likeness (QED) is 0.146.